The van der Waals surface area contributed by atoms with E-state index in [1.807, 2.05) is 18.2 Å². The predicted octanol–water partition coefficient (Wildman–Crippen LogP) is 6.91. The van der Waals surface area contributed by atoms with Crippen LogP contribution in [0.2, 0.25) is 15.1 Å². The highest BCUT2D eigenvalue weighted by atomic mass is 35.5. The summed E-state index contributed by atoms with van der Waals surface area (Å²) in [5.74, 6) is -0.220. The van der Waals surface area contributed by atoms with Crippen LogP contribution < -0.4 is 10.2 Å². The second-order valence-electron chi connectivity index (χ2n) is 8.16. The van der Waals surface area contributed by atoms with Gasteiger partial charge in [0, 0.05) is 29.0 Å². The number of carbonyl (C=O) groups excluding carboxylic acids is 1. The van der Waals surface area contributed by atoms with Gasteiger partial charge in [-0.25, -0.2) is 0 Å². The molecular formula is C23H22Cl3N3O. The van der Waals surface area contributed by atoms with Gasteiger partial charge in [0.15, 0.2) is 0 Å². The molecule has 3 rings (SSSR count). The molecule has 2 aromatic rings. The van der Waals surface area contributed by atoms with Gasteiger partial charge >= 0.3 is 0 Å². The molecular weight excluding hydrogens is 441 g/mol. The lowest BCUT2D eigenvalue weighted by Gasteiger charge is -2.45. The molecule has 4 nitrogen and oxygen atoms in total. The smallest absolute Gasteiger partial charge is 0.266 e. The Balaban J connectivity index is 1.94. The topological polar surface area (TPSA) is 56.1 Å². The highest BCUT2D eigenvalue weighted by Crippen LogP contribution is 2.44. The van der Waals surface area contributed by atoms with E-state index in [1.165, 1.54) is 12.1 Å². The van der Waals surface area contributed by atoms with E-state index >= 15 is 0 Å². The van der Waals surface area contributed by atoms with Gasteiger partial charge in [-0.15, -0.1) is 0 Å². The van der Waals surface area contributed by atoms with Gasteiger partial charge in [-0.1, -0.05) is 41.7 Å². The van der Waals surface area contributed by atoms with Gasteiger partial charge in [0.25, 0.3) is 5.91 Å². The SMILES string of the molecule is C[C@@H]1CC(C)(C)N(C)c2cc(Cl)c(/C=C(/C#N)C(=O)Nc3ccc(Cl)c(Cl)c3)cc21. The maximum Gasteiger partial charge on any atom is 0.266 e. The Hall–Kier alpha value is -2.19. The van der Waals surface area contributed by atoms with Crippen LogP contribution in [0, 0.1) is 11.3 Å². The zero-order chi connectivity index (χ0) is 22.2. The van der Waals surface area contributed by atoms with E-state index in [9.17, 15) is 10.1 Å². The van der Waals surface area contributed by atoms with E-state index in [2.05, 4.69) is 38.0 Å². The molecule has 0 aliphatic carbocycles. The number of nitrogens with zero attached hydrogens (tertiary/aromatic N) is 2. The molecule has 156 valence electrons. The zero-order valence-electron chi connectivity index (χ0n) is 17.2. The standard InChI is InChI=1S/C23H22Cl3N3O/c1-13-11-23(2,3)29(4)21-10-19(25)14(8-17(13)21)7-15(12-27)22(30)28-16-5-6-18(24)20(26)9-16/h5-10,13H,11H2,1-4H3,(H,28,30)/b15-7-/t13-/m1/s1. The van der Waals surface area contributed by atoms with Crippen molar-refractivity contribution in [1.29, 1.82) is 5.26 Å². The lowest BCUT2D eigenvalue weighted by atomic mass is 9.80. The van der Waals surface area contributed by atoms with E-state index < -0.39 is 5.91 Å². The minimum absolute atomic E-state index is 0.0185. The largest absolute Gasteiger partial charge is 0.369 e. The molecule has 0 radical (unpaired) electrons. The first kappa shape index (κ1) is 22.5. The second kappa shape index (κ2) is 8.51. The van der Waals surface area contributed by atoms with Crippen LogP contribution in [0.3, 0.4) is 0 Å². The second-order valence-corrected chi connectivity index (χ2v) is 9.38. The Morgan fingerprint density at radius 2 is 1.90 bits per heavy atom. The first-order valence-electron chi connectivity index (χ1n) is 9.49. The average Bonchev–Trinajstić information content (AvgIpc) is 2.67. The monoisotopic (exact) mass is 461 g/mol. The lowest BCUT2D eigenvalue weighted by Crippen LogP contribution is -2.45. The minimum Gasteiger partial charge on any atom is -0.369 e. The number of carbonyl (C=O) groups is 1. The van der Waals surface area contributed by atoms with Crippen molar-refractivity contribution in [2.75, 3.05) is 17.3 Å². The molecule has 1 aliphatic heterocycles. The van der Waals surface area contributed by atoms with Crippen molar-refractivity contribution < 1.29 is 4.79 Å². The summed E-state index contributed by atoms with van der Waals surface area (Å²) in [6.45, 7) is 6.59. The maximum atomic E-state index is 12.6. The number of nitrogens with one attached hydrogen (secondary N) is 1. The normalized spacial score (nSPS) is 17.9. The first-order chi connectivity index (χ1) is 14.0. The van der Waals surface area contributed by atoms with Crippen molar-refractivity contribution in [2.24, 2.45) is 0 Å². The molecule has 0 unspecified atom stereocenters. The molecule has 1 aliphatic rings. The fourth-order valence-corrected chi connectivity index (χ4v) is 4.30. The first-order valence-corrected chi connectivity index (χ1v) is 10.6. The van der Waals surface area contributed by atoms with Crippen LogP contribution in [0.15, 0.2) is 35.9 Å². The molecule has 0 saturated heterocycles. The van der Waals surface area contributed by atoms with Gasteiger partial charge in [0.05, 0.1) is 10.0 Å². The Kier molecular flexibility index (Phi) is 6.38. The van der Waals surface area contributed by atoms with E-state index in [4.69, 9.17) is 34.8 Å². The molecule has 1 amide bonds. The average molecular weight is 463 g/mol. The van der Waals surface area contributed by atoms with Gasteiger partial charge < -0.3 is 10.2 Å². The van der Waals surface area contributed by atoms with Crippen LogP contribution in [-0.4, -0.2) is 18.5 Å². The summed E-state index contributed by atoms with van der Waals surface area (Å²) < 4.78 is 0. The molecule has 2 aromatic carbocycles. The predicted molar refractivity (Wildman–Crippen MR) is 126 cm³/mol. The fourth-order valence-electron chi connectivity index (χ4n) is 3.79. The molecule has 1 atom stereocenters. The molecule has 0 saturated carbocycles. The third-order valence-corrected chi connectivity index (χ3v) is 6.66. The van der Waals surface area contributed by atoms with E-state index in [-0.39, 0.29) is 11.1 Å². The molecule has 0 aromatic heterocycles. The summed E-state index contributed by atoms with van der Waals surface area (Å²) in [5, 5.41) is 13.4. The van der Waals surface area contributed by atoms with Crippen molar-refractivity contribution in [3.05, 3.63) is 62.1 Å². The van der Waals surface area contributed by atoms with Crippen LogP contribution in [0.4, 0.5) is 11.4 Å². The molecule has 0 spiro atoms. The van der Waals surface area contributed by atoms with Crippen LogP contribution in [-0.2, 0) is 4.79 Å². The molecule has 30 heavy (non-hydrogen) atoms. The van der Waals surface area contributed by atoms with Gasteiger partial charge in [-0.05, 0) is 73.7 Å². The van der Waals surface area contributed by atoms with Gasteiger partial charge in [-0.3, -0.25) is 4.79 Å². The summed E-state index contributed by atoms with van der Waals surface area (Å²) in [6.07, 6.45) is 2.51. The Bertz CT molecular complexity index is 1090. The molecule has 7 heteroatoms. The van der Waals surface area contributed by atoms with Crippen molar-refractivity contribution in [1.82, 2.24) is 0 Å². The lowest BCUT2D eigenvalue weighted by molar-refractivity contribution is -0.112. The summed E-state index contributed by atoms with van der Waals surface area (Å²) >= 11 is 18.4. The number of amides is 1. The van der Waals surface area contributed by atoms with Gasteiger partial charge in [-0.2, -0.15) is 5.26 Å². The van der Waals surface area contributed by atoms with Crippen LogP contribution in [0.25, 0.3) is 6.08 Å². The zero-order valence-corrected chi connectivity index (χ0v) is 19.5. The molecule has 1 heterocycles. The van der Waals surface area contributed by atoms with Crippen molar-refractivity contribution >= 4 is 58.2 Å². The Labute approximate surface area is 192 Å². The Morgan fingerprint density at radius 3 is 2.53 bits per heavy atom. The summed E-state index contributed by atoms with van der Waals surface area (Å²) in [7, 11) is 2.06. The maximum absolute atomic E-state index is 12.6. The number of hydrogen-bond donors (Lipinski definition) is 1. The van der Waals surface area contributed by atoms with Crippen molar-refractivity contribution in [2.45, 2.75) is 38.6 Å². The van der Waals surface area contributed by atoms with Gasteiger partial charge in [0.1, 0.15) is 11.6 Å². The summed E-state index contributed by atoms with van der Waals surface area (Å²) in [5.41, 5.74) is 3.26. The summed E-state index contributed by atoms with van der Waals surface area (Å²) in [4.78, 5) is 14.8. The number of hydrogen-bond acceptors (Lipinski definition) is 3. The molecule has 1 N–H and O–H groups in total. The Morgan fingerprint density at radius 1 is 1.20 bits per heavy atom. The van der Waals surface area contributed by atoms with E-state index in [0.717, 1.165) is 17.7 Å². The number of anilines is 2. The number of rotatable bonds is 3. The number of halogens is 3. The van der Waals surface area contributed by atoms with E-state index in [1.54, 1.807) is 12.1 Å². The number of nitriles is 1. The third-order valence-electron chi connectivity index (χ3n) is 5.59. The van der Waals surface area contributed by atoms with E-state index in [0.29, 0.717) is 32.2 Å². The number of fused-ring (bicyclic) bond motifs is 1. The summed E-state index contributed by atoms with van der Waals surface area (Å²) in [6, 6.07) is 10.6. The number of benzene rings is 2. The highest BCUT2D eigenvalue weighted by Gasteiger charge is 2.34. The van der Waals surface area contributed by atoms with Gasteiger partial charge in [0.2, 0.25) is 0 Å². The highest BCUT2D eigenvalue weighted by molar-refractivity contribution is 6.42. The third kappa shape index (κ3) is 4.44. The minimum atomic E-state index is -0.545. The van der Waals surface area contributed by atoms with Crippen LogP contribution in [0.5, 0.6) is 0 Å². The van der Waals surface area contributed by atoms with Crippen LogP contribution in [0.1, 0.15) is 44.2 Å². The fraction of sp³-hybridized carbons (Fsp3) is 0.304. The molecule has 0 fully saturated rings. The molecule has 0 bridgehead atoms. The van der Waals surface area contributed by atoms with Crippen molar-refractivity contribution in [3.63, 3.8) is 0 Å². The van der Waals surface area contributed by atoms with Crippen molar-refractivity contribution in [3.8, 4) is 6.07 Å². The quantitative estimate of drug-likeness (QED) is 0.398. The van der Waals surface area contributed by atoms with Crippen LogP contribution >= 0.6 is 34.8 Å².